The zero-order chi connectivity index (χ0) is 13.8. The Morgan fingerprint density at radius 2 is 2.06 bits per heavy atom. The van der Waals surface area contributed by atoms with Crippen LogP contribution in [0.2, 0.25) is 0 Å². The molecule has 3 atom stereocenters. The normalized spacial score (nSPS) is 28.9. The van der Waals surface area contributed by atoms with Gasteiger partial charge in [-0.25, -0.2) is 8.42 Å². The highest BCUT2D eigenvalue weighted by atomic mass is 32.2. The Balaban J connectivity index is 2.77. The Hall–Kier alpha value is -0.620. The molecule has 0 aromatic carbocycles. The Morgan fingerprint density at radius 3 is 2.61 bits per heavy atom. The third-order valence-electron chi connectivity index (χ3n) is 3.51. The van der Waals surface area contributed by atoms with Crippen molar-refractivity contribution in [1.29, 1.82) is 0 Å². The molecule has 0 aromatic rings. The molecule has 1 rings (SSSR count). The third kappa shape index (κ3) is 3.95. The largest absolute Gasteiger partial charge is 0.465 e. The minimum Gasteiger partial charge on any atom is -0.465 e. The number of sulfone groups is 1. The van der Waals surface area contributed by atoms with Crippen molar-refractivity contribution in [2.24, 2.45) is 5.92 Å². The average molecular weight is 277 g/mol. The zero-order valence-corrected chi connectivity index (χ0v) is 12.1. The summed E-state index contributed by atoms with van der Waals surface area (Å²) in [6, 6.07) is -0.0550. The van der Waals surface area contributed by atoms with Crippen LogP contribution in [0, 0.1) is 5.92 Å². The van der Waals surface area contributed by atoms with E-state index in [0.29, 0.717) is 12.3 Å². The Bertz CT molecular complexity index is 380. The SMILES string of the molecule is CCOC(=O)CS(=O)(=O)C1CC(C)CCC1NC. The molecular weight excluding hydrogens is 254 g/mol. The summed E-state index contributed by atoms with van der Waals surface area (Å²) in [4.78, 5) is 11.4. The standard InChI is InChI=1S/C12H23NO4S/c1-4-17-12(14)8-18(15,16)11-7-9(2)5-6-10(11)13-3/h9-11,13H,4-8H2,1-3H3. The molecule has 3 unspecified atom stereocenters. The van der Waals surface area contributed by atoms with Crippen LogP contribution in [0.4, 0.5) is 0 Å². The molecule has 1 N–H and O–H groups in total. The lowest BCUT2D eigenvalue weighted by Gasteiger charge is -2.34. The number of hydrogen-bond acceptors (Lipinski definition) is 5. The van der Waals surface area contributed by atoms with Crippen LogP contribution in [-0.2, 0) is 19.4 Å². The number of ether oxygens (including phenoxy) is 1. The second-order valence-electron chi connectivity index (χ2n) is 4.96. The average Bonchev–Trinajstić information content (AvgIpc) is 2.28. The topological polar surface area (TPSA) is 72.5 Å². The lowest BCUT2D eigenvalue weighted by Crippen LogP contribution is -2.48. The van der Waals surface area contributed by atoms with Crippen molar-refractivity contribution in [2.75, 3.05) is 19.4 Å². The number of esters is 1. The van der Waals surface area contributed by atoms with Crippen molar-refractivity contribution in [3.8, 4) is 0 Å². The van der Waals surface area contributed by atoms with Crippen LogP contribution in [0.15, 0.2) is 0 Å². The Morgan fingerprint density at radius 1 is 1.39 bits per heavy atom. The molecule has 0 aliphatic heterocycles. The second kappa shape index (κ2) is 6.52. The van der Waals surface area contributed by atoms with E-state index in [-0.39, 0.29) is 12.6 Å². The van der Waals surface area contributed by atoms with E-state index in [9.17, 15) is 13.2 Å². The van der Waals surface area contributed by atoms with E-state index < -0.39 is 26.8 Å². The molecule has 0 bridgehead atoms. The van der Waals surface area contributed by atoms with Gasteiger partial charge in [0.15, 0.2) is 9.84 Å². The van der Waals surface area contributed by atoms with Gasteiger partial charge in [0.2, 0.25) is 0 Å². The highest BCUT2D eigenvalue weighted by Gasteiger charge is 2.38. The van der Waals surface area contributed by atoms with Gasteiger partial charge in [0, 0.05) is 6.04 Å². The smallest absolute Gasteiger partial charge is 0.321 e. The summed E-state index contributed by atoms with van der Waals surface area (Å²) in [6.45, 7) is 3.94. The number of rotatable bonds is 5. The van der Waals surface area contributed by atoms with Crippen LogP contribution in [0.1, 0.15) is 33.1 Å². The van der Waals surface area contributed by atoms with Crippen molar-refractivity contribution in [2.45, 2.75) is 44.4 Å². The van der Waals surface area contributed by atoms with Crippen molar-refractivity contribution >= 4 is 15.8 Å². The monoisotopic (exact) mass is 277 g/mol. The van der Waals surface area contributed by atoms with Gasteiger partial charge in [0.25, 0.3) is 0 Å². The maximum Gasteiger partial charge on any atom is 0.321 e. The van der Waals surface area contributed by atoms with E-state index in [1.165, 1.54) is 0 Å². The number of nitrogens with one attached hydrogen (secondary N) is 1. The molecule has 18 heavy (non-hydrogen) atoms. The Labute approximate surface area is 109 Å². The highest BCUT2D eigenvalue weighted by Crippen LogP contribution is 2.29. The van der Waals surface area contributed by atoms with E-state index in [2.05, 4.69) is 12.2 Å². The molecule has 0 amide bonds. The first kappa shape index (κ1) is 15.4. The molecule has 0 radical (unpaired) electrons. The van der Waals surface area contributed by atoms with Crippen molar-refractivity contribution < 1.29 is 17.9 Å². The number of hydrogen-bond donors (Lipinski definition) is 1. The van der Waals surface area contributed by atoms with E-state index in [0.717, 1.165) is 12.8 Å². The fraction of sp³-hybridized carbons (Fsp3) is 0.917. The molecule has 5 nitrogen and oxygen atoms in total. The van der Waals surface area contributed by atoms with Crippen molar-refractivity contribution in [3.05, 3.63) is 0 Å². The molecule has 1 saturated carbocycles. The maximum atomic E-state index is 12.2. The van der Waals surface area contributed by atoms with E-state index in [4.69, 9.17) is 4.74 Å². The van der Waals surface area contributed by atoms with Crippen LogP contribution in [-0.4, -0.2) is 45.1 Å². The molecule has 1 aliphatic carbocycles. The van der Waals surface area contributed by atoms with Gasteiger partial charge in [0.1, 0.15) is 5.75 Å². The second-order valence-corrected chi connectivity index (χ2v) is 7.18. The summed E-state index contributed by atoms with van der Waals surface area (Å²) in [5.74, 6) is -0.765. The van der Waals surface area contributed by atoms with E-state index >= 15 is 0 Å². The van der Waals surface area contributed by atoms with Crippen LogP contribution >= 0.6 is 0 Å². The minimum absolute atomic E-state index is 0.0550. The van der Waals surface area contributed by atoms with Crippen LogP contribution in [0.5, 0.6) is 0 Å². The third-order valence-corrected chi connectivity index (χ3v) is 5.59. The first-order chi connectivity index (χ1) is 8.40. The summed E-state index contributed by atoms with van der Waals surface area (Å²) in [5, 5.41) is 2.58. The summed E-state index contributed by atoms with van der Waals surface area (Å²) in [5.41, 5.74) is 0. The summed E-state index contributed by atoms with van der Waals surface area (Å²) < 4.78 is 29.2. The fourth-order valence-electron chi connectivity index (χ4n) is 2.53. The molecule has 0 spiro atoms. The Kier molecular flexibility index (Phi) is 5.59. The predicted molar refractivity (Wildman–Crippen MR) is 70.1 cm³/mol. The number of carbonyl (C=O) groups is 1. The zero-order valence-electron chi connectivity index (χ0n) is 11.3. The molecule has 0 heterocycles. The van der Waals surface area contributed by atoms with Crippen molar-refractivity contribution in [3.63, 3.8) is 0 Å². The molecule has 106 valence electrons. The molecule has 1 aliphatic rings. The molecular formula is C12H23NO4S. The predicted octanol–water partition coefficient (Wildman–Crippen LogP) is 0.741. The van der Waals surface area contributed by atoms with Crippen molar-refractivity contribution in [1.82, 2.24) is 5.32 Å². The van der Waals surface area contributed by atoms with Gasteiger partial charge in [-0.1, -0.05) is 6.92 Å². The maximum absolute atomic E-state index is 12.2. The van der Waals surface area contributed by atoms with Crippen LogP contribution < -0.4 is 5.32 Å². The lowest BCUT2D eigenvalue weighted by atomic mass is 9.87. The summed E-state index contributed by atoms with van der Waals surface area (Å²) in [7, 11) is -1.66. The summed E-state index contributed by atoms with van der Waals surface area (Å²) >= 11 is 0. The van der Waals surface area contributed by atoms with Gasteiger partial charge in [0.05, 0.1) is 11.9 Å². The van der Waals surface area contributed by atoms with Gasteiger partial charge in [-0.3, -0.25) is 4.79 Å². The lowest BCUT2D eigenvalue weighted by molar-refractivity contribution is -0.139. The van der Waals surface area contributed by atoms with Gasteiger partial charge in [-0.05, 0) is 39.2 Å². The minimum atomic E-state index is -3.44. The van der Waals surface area contributed by atoms with Gasteiger partial charge >= 0.3 is 5.97 Å². The molecule has 0 aromatic heterocycles. The fourth-order valence-corrected chi connectivity index (χ4v) is 4.55. The first-order valence-corrected chi connectivity index (χ1v) is 8.16. The van der Waals surface area contributed by atoms with Crippen LogP contribution in [0.3, 0.4) is 0 Å². The highest BCUT2D eigenvalue weighted by molar-refractivity contribution is 7.92. The molecule has 1 fully saturated rings. The van der Waals surface area contributed by atoms with Gasteiger partial charge < -0.3 is 10.1 Å². The molecule has 6 heteroatoms. The van der Waals surface area contributed by atoms with E-state index in [1.54, 1.807) is 14.0 Å². The van der Waals surface area contributed by atoms with Crippen LogP contribution in [0.25, 0.3) is 0 Å². The van der Waals surface area contributed by atoms with E-state index in [1.807, 2.05) is 0 Å². The quantitative estimate of drug-likeness (QED) is 0.750. The number of carbonyl (C=O) groups excluding carboxylic acids is 1. The van der Waals surface area contributed by atoms with Gasteiger partial charge in [-0.15, -0.1) is 0 Å². The van der Waals surface area contributed by atoms with Gasteiger partial charge in [-0.2, -0.15) is 0 Å². The summed E-state index contributed by atoms with van der Waals surface area (Å²) in [6.07, 6.45) is 2.48. The molecule has 0 saturated heterocycles. The first-order valence-electron chi connectivity index (χ1n) is 6.45.